The topological polar surface area (TPSA) is 66.6 Å². The molecule has 0 bridgehead atoms. The molecule has 0 N–H and O–H groups in total. The van der Waals surface area contributed by atoms with Crippen molar-refractivity contribution in [3.05, 3.63) is 77.6 Å². The molecule has 0 unspecified atom stereocenters. The number of benzene rings is 2. The number of carbonyl (C=O) groups excluding carboxylic acids is 1. The molecule has 1 saturated heterocycles. The first-order valence-corrected chi connectivity index (χ1v) is 11.0. The summed E-state index contributed by atoms with van der Waals surface area (Å²) in [5.74, 6) is 0.418. The van der Waals surface area contributed by atoms with Crippen molar-refractivity contribution in [2.24, 2.45) is 0 Å². The van der Waals surface area contributed by atoms with E-state index in [1.54, 1.807) is 33.7 Å². The van der Waals surface area contributed by atoms with Crippen LogP contribution in [0.1, 0.15) is 11.1 Å². The Hall–Kier alpha value is -4.02. The number of anilines is 1. The Morgan fingerprint density at radius 2 is 1.60 bits per heavy atom. The zero-order valence-electron chi connectivity index (χ0n) is 18.4. The van der Waals surface area contributed by atoms with Crippen molar-refractivity contribution in [2.45, 2.75) is 12.6 Å². The van der Waals surface area contributed by atoms with Gasteiger partial charge in [0.05, 0.1) is 12.0 Å². The van der Waals surface area contributed by atoms with Gasteiger partial charge in [0.25, 0.3) is 0 Å². The van der Waals surface area contributed by atoms with E-state index in [9.17, 15) is 22.4 Å². The van der Waals surface area contributed by atoms with Crippen LogP contribution in [0, 0.1) is 5.82 Å². The first-order valence-electron chi connectivity index (χ1n) is 11.0. The molecule has 0 saturated carbocycles. The van der Waals surface area contributed by atoms with Crippen LogP contribution in [0.3, 0.4) is 0 Å². The maximum Gasteiger partial charge on any atom is 0.416 e. The highest BCUT2D eigenvalue weighted by atomic mass is 19.4. The molecule has 5 rings (SSSR count). The van der Waals surface area contributed by atoms with Crippen LogP contribution in [-0.2, 0) is 17.4 Å². The number of aromatic nitrogens is 4. The van der Waals surface area contributed by atoms with Crippen molar-refractivity contribution in [1.29, 1.82) is 0 Å². The lowest BCUT2D eigenvalue weighted by Crippen LogP contribution is -2.49. The molecular formula is C24H20F4N6O. The molecule has 7 nitrogen and oxygen atoms in total. The maximum absolute atomic E-state index is 13.3. The number of rotatable bonds is 4. The minimum absolute atomic E-state index is 0.0273. The van der Waals surface area contributed by atoms with Crippen molar-refractivity contribution < 1.29 is 22.4 Å². The van der Waals surface area contributed by atoms with E-state index in [1.165, 1.54) is 30.3 Å². The van der Waals surface area contributed by atoms with Gasteiger partial charge in [0.1, 0.15) is 11.6 Å². The van der Waals surface area contributed by atoms with Gasteiger partial charge in [-0.15, -0.1) is 15.3 Å². The molecule has 11 heteroatoms. The van der Waals surface area contributed by atoms with Gasteiger partial charge in [-0.2, -0.15) is 17.7 Å². The normalized spacial score (nSPS) is 14.5. The van der Waals surface area contributed by atoms with Crippen molar-refractivity contribution in [2.75, 3.05) is 31.1 Å². The van der Waals surface area contributed by atoms with Crippen molar-refractivity contribution in [3.63, 3.8) is 0 Å². The molecule has 1 amide bonds. The predicted octanol–water partition coefficient (Wildman–Crippen LogP) is 3.84. The Labute approximate surface area is 197 Å². The number of piperazine rings is 1. The number of hydrogen-bond acceptors (Lipinski definition) is 5. The lowest BCUT2D eigenvalue weighted by Gasteiger charge is -2.35. The third-order valence-electron chi connectivity index (χ3n) is 5.97. The number of amides is 1. The third-order valence-corrected chi connectivity index (χ3v) is 5.97. The molecule has 2 aromatic heterocycles. The molecule has 4 aromatic rings. The molecule has 1 fully saturated rings. The van der Waals surface area contributed by atoms with Gasteiger partial charge in [-0.05, 0) is 48.0 Å². The summed E-state index contributed by atoms with van der Waals surface area (Å²) < 4.78 is 54.6. The van der Waals surface area contributed by atoms with Crippen molar-refractivity contribution in [3.8, 4) is 11.4 Å². The fourth-order valence-corrected chi connectivity index (χ4v) is 4.14. The Balaban J connectivity index is 1.28. The van der Waals surface area contributed by atoms with E-state index < -0.39 is 11.7 Å². The average molecular weight is 484 g/mol. The summed E-state index contributed by atoms with van der Waals surface area (Å²) in [6.45, 7) is 1.66. The summed E-state index contributed by atoms with van der Waals surface area (Å²) in [6, 6.07) is 14.6. The van der Waals surface area contributed by atoms with E-state index in [2.05, 4.69) is 15.3 Å². The van der Waals surface area contributed by atoms with Crippen LogP contribution >= 0.6 is 0 Å². The molecule has 3 heterocycles. The van der Waals surface area contributed by atoms with Crippen LogP contribution in [0.15, 0.2) is 60.7 Å². The number of halogens is 4. The van der Waals surface area contributed by atoms with Crippen molar-refractivity contribution >= 4 is 17.4 Å². The van der Waals surface area contributed by atoms with Gasteiger partial charge in [-0.25, -0.2) is 4.39 Å². The molecule has 180 valence electrons. The van der Waals surface area contributed by atoms with Gasteiger partial charge >= 0.3 is 6.18 Å². The van der Waals surface area contributed by atoms with Crippen LogP contribution in [0.25, 0.3) is 17.0 Å². The average Bonchev–Trinajstić information content (AvgIpc) is 3.27. The number of fused-ring (bicyclic) bond motifs is 1. The molecule has 0 spiro atoms. The van der Waals surface area contributed by atoms with Gasteiger partial charge < -0.3 is 9.80 Å². The molecule has 0 radical (unpaired) electrons. The molecule has 2 aromatic carbocycles. The van der Waals surface area contributed by atoms with Crippen molar-refractivity contribution in [1.82, 2.24) is 24.7 Å². The minimum atomic E-state index is -4.51. The fraction of sp³-hybridized carbons (Fsp3) is 0.250. The van der Waals surface area contributed by atoms with Crippen LogP contribution in [0.2, 0.25) is 0 Å². The Morgan fingerprint density at radius 3 is 2.31 bits per heavy atom. The fourth-order valence-electron chi connectivity index (χ4n) is 4.14. The second kappa shape index (κ2) is 8.97. The summed E-state index contributed by atoms with van der Waals surface area (Å²) >= 11 is 0. The lowest BCUT2D eigenvalue weighted by molar-refractivity contribution is -0.138. The third kappa shape index (κ3) is 4.66. The van der Waals surface area contributed by atoms with Crippen LogP contribution in [-0.4, -0.2) is 56.8 Å². The summed E-state index contributed by atoms with van der Waals surface area (Å²) in [7, 11) is 0. The second-order valence-corrected chi connectivity index (χ2v) is 8.19. The van der Waals surface area contributed by atoms with Crippen LogP contribution in [0.5, 0.6) is 0 Å². The van der Waals surface area contributed by atoms with E-state index in [0.29, 0.717) is 49.0 Å². The number of alkyl halides is 3. The molecule has 1 aliphatic heterocycles. The highest BCUT2D eigenvalue weighted by molar-refractivity contribution is 5.79. The van der Waals surface area contributed by atoms with Crippen LogP contribution < -0.4 is 4.90 Å². The van der Waals surface area contributed by atoms with Gasteiger partial charge in [-0.1, -0.05) is 18.2 Å². The molecule has 0 atom stereocenters. The van der Waals surface area contributed by atoms with Gasteiger partial charge in [0.2, 0.25) is 5.91 Å². The first kappa shape index (κ1) is 22.8. The summed E-state index contributed by atoms with van der Waals surface area (Å²) in [6.07, 6.45) is -4.81. The quantitative estimate of drug-likeness (QED) is 0.412. The molecule has 0 aliphatic carbocycles. The zero-order valence-corrected chi connectivity index (χ0v) is 18.4. The Morgan fingerprint density at radius 1 is 0.886 bits per heavy atom. The second-order valence-electron chi connectivity index (χ2n) is 8.19. The highest BCUT2D eigenvalue weighted by Gasteiger charge is 2.34. The van der Waals surface area contributed by atoms with E-state index in [-0.39, 0.29) is 23.7 Å². The van der Waals surface area contributed by atoms with Gasteiger partial charge in [-0.3, -0.25) is 4.79 Å². The summed E-state index contributed by atoms with van der Waals surface area (Å²) in [5.41, 5.74) is 0.388. The summed E-state index contributed by atoms with van der Waals surface area (Å²) in [5, 5.41) is 12.9. The minimum Gasteiger partial charge on any atom is -0.352 e. The standard InChI is InChI=1S/C24H20F4N6O/c25-18-7-5-16(6-8-18)23-30-29-20-9-10-21(31-34(20)23)32-11-13-33(14-12-32)22(35)15-17-3-1-2-4-19(17)24(26,27)28/h1-10H,11-15H2. The SMILES string of the molecule is O=C(Cc1ccccc1C(F)(F)F)N1CCN(c2ccc3nnc(-c4ccc(F)cc4)n3n2)CC1. The zero-order chi connectivity index (χ0) is 24.6. The maximum atomic E-state index is 13.3. The number of hydrogen-bond donors (Lipinski definition) is 0. The largest absolute Gasteiger partial charge is 0.416 e. The predicted molar refractivity (Wildman–Crippen MR) is 120 cm³/mol. The Kier molecular flexibility index (Phi) is 5.83. The highest BCUT2D eigenvalue weighted by Crippen LogP contribution is 2.32. The molecular weight excluding hydrogens is 464 g/mol. The smallest absolute Gasteiger partial charge is 0.352 e. The number of carbonyl (C=O) groups is 1. The summed E-state index contributed by atoms with van der Waals surface area (Å²) in [4.78, 5) is 16.3. The Bertz CT molecular complexity index is 1360. The lowest BCUT2D eigenvalue weighted by atomic mass is 10.0. The van der Waals surface area contributed by atoms with E-state index in [4.69, 9.17) is 0 Å². The van der Waals surface area contributed by atoms with Gasteiger partial charge in [0.15, 0.2) is 11.5 Å². The first-order chi connectivity index (χ1) is 16.8. The number of nitrogens with zero attached hydrogens (tertiary/aromatic N) is 6. The molecule has 35 heavy (non-hydrogen) atoms. The van der Waals surface area contributed by atoms with E-state index in [0.717, 1.165) is 6.07 Å². The van der Waals surface area contributed by atoms with Gasteiger partial charge in [0, 0.05) is 31.7 Å². The monoisotopic (exact) mass is 484 g/mol. The van der Waals surface area contributed by atoms with E-state index in [1.807, 2.05) is 4.90 Å². The van der Waals surface area contributed by atoms with Crippen LogP contribution in [0.4, 0.5) is 23.4 Å². The van der Waals surface area contributed by atoms with E-state index >= 15 is 0 Å². The molecule has 1 aliphatic rings.